The van der Waals surface area contributed by atoms with Crippen molar-refractivity contribution in [3.8, 4) is 5.69 Å². The average molecular weight is 479 g/mol. The fourth-order valence-electron chi connectivity index (χ4n) is 3.66. The van der Waals surface area contributed by atoms with Crippen LogP contribution < -0.4 is 11.1 Å². The molecule has 0 atom stereocenters. The van der Waals surface area contributed by atoms with E-state index in [1.54, 1.807) is 37.3 Å². The Morgan fingerprint density at radius 1 is 1.09 bits per heavy atom. The fraction of sp³-hybridized carbons (Fsp3) is 0.167. The summed E-state index contributed by atoms with van der Waals surface area (Å²) in [5.41, 5.74) is 1.91. The van der Waals surface area contributed by atoms with E-state index in [9.17, 15) is 14.0 Å². The standard InChI is InChI=1S/C24H19FN4O2S2/c1-12-8-9-15(10-17(12)25)29-23(31)16-6-4-5-7-18(16)26-24(29)32-11-19-27-21(30)20-13(2)14(3)33-22(20)28-19/h4-10H,11H2,1-3H3,(H,27,28,30). The molecule has 3 aromatic heterocycles. The van der Waals surface area contributed by atoms with Crippen LogP contribution >= 0.6 is 23.1 Å². The van der Waals surface area contributed by atoms with Crippen molar-refractivity contribution in [1.29, 1.82) is 0 Å². The maximum absolute atomic E-state index is 14.3. The first-order valence-corrected chi connectivity index (χ1v) is 12.0. The third-order valence-electron chi connectivity index (χ3n) is 5.58. The van der Waals surface area contributed by atoms with E-state index in [0.29, 0.717) is 49.1 Å². The fourth-order valence-corrected chi connectivity index (χ4v) is 5.59. The highest BCUT2D eigenvalue weighted by molar-refractivity contribution is 7.98. The molecule has 9 heteroatoms. The Kier molecular flexibility index (Phi) is 5.38. The highest BCUT2D eigenvalue weighted by Crippen LogP contribution is 2.28. The molecule has 0 fully saturated rings. The van der Waals surface area contributed by atoms with Crippen molar-refractivity contribution < 1.29 is 4.39 Å². The van der Waals surface area contributed by atoms with Gasteiger partial charge in [0.05, 0.1) is 27.7 Å². The summed E-state index contributed by atoms with van der Waals surface area (Å²) in [7, 11) is 0. The molecule has 0 aliphatic rings. The molecule has 0 amide bonds. The first kappa shape index (κ1) is 21.5. The van der Waals surface area contributed by atoms with Crippen molar-refractivity contribution in [1.82, 2.24) is 19.5 Å². The summed E-state index contributed by atoms with van der Waals surface area (Å²) < 4.78 is 15.7. The van der Waals surface area contributed by atoms with Crippen LogP contribution in [0.2, 0.25) is 0 Å². The van der Waals surface area contributed by atoms with Crippen LogP contribution in [0.4, 0.5) is 4.39 Å². The first-order valence-electron chi connectivity index (χ1n) is 10.2. The number of H-pyrrole nitrogens is 1. The Labute approximate surface area is 196 Å². The molecule has 5 aromatic rings. The number of aromatic amines is 1. The van der Waals surface area contributed by atoms with Gasteiger partial charge in [-0.1, -0.05) is 30.0 Å². The monoisotopic (exact) mass is 478 g/mol. The Morgan fingerprint density at radius 3 is 2.67 bits per heavy atom. The maximum Gasteiger partial charge on any atom is 0.266 e. The number of fused-ring (bicyclic) bond motifs is 2. The number of thiophene rings is 1. The quantitative estimate of drug-likeness (QED) is 0.289. The summed E-state index contributed by atoms with van der Waals surface area (Å²) in [5.74, 6) is 0.381. The molecule has 6 nitrogen and oxygen atoms in total. The number of aromatic nitrogens is 4. The molecule has 0 bridgehead atoms. The summed E-state index contributed by atoms with van der Waals surface area (Å²) in [6.07, 6.45) is 0. The van der Waals surface area contributed by atoms with E-state index in [2.05, 4.69) is 15.0 Å². The van der Waals surface area contributed by atoms with Gasteiger partial charge in [0.2, 0.25) is 0 Å². The van der Waals surface area contributed by atoms with Gasteiger partial charge in [0, 0.05) is 4.88 Å². The van der Waals surface area contributed by atoms with Crippen molar-refractivity contribution >= 4 is 44.2 Å². The Balaban J connectivity index is 1.62. The van der Waals surface area contributed by atoms with Gasteiger partial charge in [0.25, 0.3) is 11.1 Å². The molecule has 2 aromatic carbocycles. The van der Waals surface area contributed by atoms with Crippen LogP contribution in [-0.2, 0) is 5.75 Å². The van der Waals surface area contributed by atoms with Crippen LogP contribution in [0.5, 0.6) is 0 Å². The van der Waals surface area contributed by atoms with Gasteiger partial charge in [-0.2, -0.15) is 0 Å². The van der Waals surface area contributed by atoms with Crippen molar-refractivity contribution in [2.24, 2.45) is 0 Å². The van der Waals surface area contributed by atoms with E-state index in [0.717, 1.165) is 10.4 Å². The van der Waals surface area contributed by atoms with Gasteiger partial charge in [0.1, 0.15) is 16.5 Å². The van der Waals surface area contributed by atoms with Crippen LogP contribution in [0.25, 0.3) is 26.8 Å². The molecule has 3 heterocycles. The number of halogens is 1. The minimum Gasteiger partial charge on any atom is -0.309 e. The molecule has 0 saturated heterocycles. The highest BCUT2D eigenvalue weighted by Gasteiger charge is 2.16. The van der Waals surface area contributed by atoms with E-state index in [-0.39, 0.29) is 11.1 Å². The molecule has 0 aliphatic heterocycles. The maximum atomic E-state index is 14.3. The van der Waals surface area contributed by atoms with Crippen molar-refractivity contribution in [2.45, 2.75) is 31.7 Å². The predicted molar refractivity (Wildman–Crippen MR) is 131 cm³/mol. The van der Waals surface area contributed by atoms with Gasteiger partial charge >= 0.3 is 0 Å². The average Bonchev–Trinajstić information content (AvgIpc) is 3.08. The second-order valence-corrected chi connectivity index (χ2v) is 9.90. The lowest BCUT2D eigenvalue weighted by molar-refractivity contribution is 0.615. The largest absolute Gasteiger partial charge is 0.309 e. The van der Waals surface area contributed by atoms with Crippen molar-refractivity contribution in [3.05, 3.63) is 90.8 Å². The number of hydrogen-bond donors (Lipinski definition) is 1. The predicted octanol–water partition coefficient (Wildman–Crippen LogP) is 5.04. The number of rotatable bonds is 4. The minimum atomic E-state index is -0.400. The number of para-hydroxylation sites is 1. The minimum absolute atomic E-state index is 0.179. The Hall–Kier alpha value is -3.30. The second-order valence-electron chi connectivity index (χ2n) is 7.75. The van der Waals surface area contributed by atoms with Gasteiger partial charge in [-0.15, -0.1) is 11.3 Å². The number of benzene rings is 2. The second kappa shape index (κ2) is 8.24. The van der Waals surface area contributed by atoms with Gasteiger partial charge in [-0.05, 0) is 56.2 Å². The van der Waals surface area contributed by atoms with E-state index < -0.39 is 5.82 Å². The highest BCUT2D eigenvalue weighted by atomic mass is 32.2. The SMILES string of the molecule is Cc1ccc(-n2c(SCc3nc4sc(C)c(C)c4c(=O)[nH]3)nc3ccccc3c2=O)cc1F. The first-order chi connectivity index (χ1) is 15.8. The van der Waals surface area contributed by atoms with Gasteiger partial charge in [0.15, 0.2) is 5.16 Å². The van der Waals surface area contributed by atoms with Crippen LogP contribution in [0.3, 0.4) is 0 Å². The number of nitrogens with one attached hydrogen (secondary N) is 1. The van der Waals surface area contributed by atoms with Crippen LogP contribution in [0.1, 0.15) is 21.8 Å². The summed E-state index contributed by atoms with van der Waals surface area (Å²) in [5, 5.41) is 1.45. The molecule has 0 radical (unpaired) electrons. The molecule has 166 valence electrons. The molecular weight excluding hydrogens is 459 g/mol. The van der Waals surface area contributed by atoms with E-state index in [1.165, 1.54) is 33.7 Å². The molecule has 0 unspecified atom stereocenters. The van der Waals surface area contributed by atoms with E-state index >= 15 is 0 Å². The molecule has 5 rings (SSSR count). The number of thioether (sulfide) groups is 1. The van der Waals surface area contributed by atoms with Crippen LogP contribution in [-0.4, -0.2) is 19.5 Å². The smallest absolute Gasteiger partial charge is 0.266 e. The van der Waals surface area contributed by atoms with Gasteiger partial charge in [-0.3, -0.25) is 14.2 Å². The van der Waals surface area contributed by atoms with Crippen LogP contribution in [0.15, 0.2) is 57.2 Å². The molecular formula is C24H19FN4O2S2. The lowest BCUT2D eigenvalue weighted by Gasteiger charge is -2.13. The normalized spacial score (nSPS) is 11.5. The van der Waals surface area contributed by atoms with Crippen molar-refractivity contribution in [3.63, 3.8) is 0 Å². The molecule has 0 spiro atoms. The molecule has 0 saturated carbocycles. The summed E-state index contributed by atoms with van der Waals surface area (Å²) >= 11 is 2.75. The third kappa shape index (κ3) is 3.77. The van der Waals surface area contributed by atoms with Crippen molar-refractivity contribution in [2.75, 3.05) is 0 Å². The van der Waals surface area contributed by atoms with Gasteiger partial charge in [-0.25, -0.2) is 14.4 Å². The summed E-state index contributed by atoms with van der Waals surface area (Å²) in [4.78, 5) is 39.8. The zero-order chi connectivity index (χ0) is 23.3. The van der Waals surface area contributed by atoms with Crippen LogP contribution in [0, 0.1) is 26.6 Å². The third-order valence-corrected chi connectivity index (χ3v) is 7.64. The zero-order valence-corrected chi connectivity index (χ0v) is 19.7. The lowest BCUT2D eigenvalue weighted by atomic mass is 10.2. The number of hydrogen-bond acceptors (Lipinski definition) is 6. The Bertz CT molecular complexity index is 1670. The summed E-state index contributed by atoms with van der Waals surface area (Å²) in [6, 6.07) is 11.7. The molecule has 1 N–H and O–H groups in total. The summed E-state index contributed by atoms with van der Waals surface area (Å²) in [6.45, 7) is 5.55. The van der Waals surface area contributed by atoms with E-state index in [4.69, 9.17) is 0 Å². The number of nitrogens with zero attached hydrogens (tertiary/aromatic N) is 3. The number of aryl methyl sites for hydroxylation is 3. The van der Waals surface area contributed by atoms with Gasteiger partial charge < -0.3 is 4.98 Å². The molecule has 33 heavy (non-hydrogen) atoms. The zero-order valence-electron chi connectivity index (χ0n) is 18.1. The van der Waals surface area contributed by atoms with E-state index in [1.807, 2.05) is 19.9 Å². The Morgan fingerprint density at radius 2 is 1.88 bits per heavy atom. The topological polar surface area (TPSA) is 80.6 Å². The molecule has 0 aliphatic carbocycles. The lowest BCUT2D eigenvalue weighted by Crippen LogP contribution is -2.22.